The van der Waals surface area contributed by atoms with E-state index >= 15 is 0 Å². The number of carboxylic acids is 1. The third-order valence-electron chi connectivity index (χ3n) is 7.94. The molecule has 33 heavy (non-hydrogen) atoms. The number of aliphatic hydroxyl groups excluding tert-OH is 1. The highest BCUT2D eigenvalue weighted by atomic mass is 16.5. The Hall–Kier alpha value is -2.18. The predicted octanol–water partition coefficient (Wildman–Crippen LogP) is 5.05. The monoisotopic (exact) mass is 454 g/mol. The molecule has 6 nitrogen and oxygen atoms in total. The van der Waals surface area contributed by atoms with Crippen LogP contribution in [-0.4, -0.2) is 52.8 Å². The molecular formula is C27H38N2O4. The van der Waals surface area contributed by atoms with Crippen molar-refractivity contribution in [2.24, 2.45) is 17.8 Å². The number of fused-ring (bicyclic) bond motifs is 1. The van der Waals surface area contributed by atoms with Crippen molar-refractivity contribution in [1.82, 2.24) is 9.88 Å². The highest BCUT2D eigenvalue weighted by Crippen LogP contribution is 2.36. The molecule has 2 unspecified atom stereocenters. The molecule has 6 heteroatoms. The van der Waals surface area contributed by atoms with E-state index in [2.05, 4.69) is 9.88 Å². The van der Waals surface area contributed by atoms with Crippen LogP contribution in [0, 0.1) is 17.8 Å². The molecule has 3 atom stereocenters. The third kappa shape index (κ3) is 6.24. The average molecular weight is 455 g/mol. The van der Waals surface area contributed by atoms with E-state index in [9.17, 15) is 15.0 Å². The van der Waals surface area contributed by atoms with Gasteiger partial charge in [0.2, 0.25) is 0 Å². The first-order valence-electron chi connectivity index (χ1n) is 12.6. The Labute approximate surface area is 197 Å². The van der Waals surface area contributed by atoms with Crippen molar-refractivity contribution < 1.29 is 19.7 Å². The molecule has 1 aromatic heterocycles. The summed E-state index contributed by atoms with van der Waals surface area (Å²) in [5.41, 5.74) is 1.74. The fourth-order valence-corrected chi connectivity index (χ4v) is 5.61. The smallest absolute Gasteiger partial charge is 0.303 e. The highest BCUT2D eigenvalue weighted by Gasteiger charge is 2.30. The molecule has 1 saturated heterocycles. The Morgan fingerprint density at radius 2 is 2.03 bits per heavy atom. The quantitative estimate of drug-likeness (QED) is 0.494. The average Bonchev–Trinajstić information content (AvgIpc) is 2.80. The van der Waals surface area contributed by atoms with Gasteiger partial charge in [0.05, 0.1) is 18.7 Å². The fraction of sp³-hybridized carbons (Fsp3) is 0.630. The van der Waals surface area contributed by atoms with Crippen LogP contribution >= 0.6 is 0 Å². The molecule has 2 aromatic rings. The number of carboxylic acid groups (broad SMARTS) is 1. The maximum Gasteiger partial charge on any atom is 0.303 e. The van der Waals surface area contributed by atoms with Gasteiger partial charge >= 0.3 is 5.97 Å². The topological polar surface area (TPSA) is 82.9 Å². The molecule has 0 bridgehead atoms. The number of aliphatic hydroxyl groups is 1. The minimum absolute atomic E-state index is 0.231. The zero-order valence-electron chi connectivity index (χ0n) is 19.8. The van der Waals surface area contributed by atoms with E-state index < -0.39 is 12.1 Å². The summed E-state index contributed by atoms with van der Waals surface area (Å²) in [6.07, 6.45) is 10.3. The molecule has 2 aliphatic rings. The van der Waals surface area contributed by atoms with Crippen LogP contribution in [0.25, 0.3) is 10.9 Å². The van der Waals surface area contributed by atoms with Crippen molar-refractivity contribution in [3.63, 3.8) is 0 Å². The van der Waals surface area contributed by atoms with E-state index in [1.165, 1.54) is 25.7 Å². The second-order valence-electron chi connectivity index (χ2n) is 10.0. The summed E-state index contributed by atoms with van der Waals surface area (Å²) < 4.78 is 5.37. The molecule has 1 aromatic carbocycles. The SMILES string of the molecule is COc1ccc2nccc([C@@H](O)CCC3CCN(CCC4CCC4)CC3CCC(=O)O)c2c1. The maximum absolute atomic E-state index is 11.2. The lowest BCUT2D eigenvalue weighted by Gasteiger charge is -2.40. The van der Waals surface area contributed by atoms with Crippen LogP contribution < -0.4 is 4.74 Å². The van der Waals surface area contributed by atoms with Crippen LogP contribution in [0.5, 0.6) is 5.75 Å². The Bertz CT molecular complexity index is 929. The number of piperidine rings is 1. The van der Waals surface area contributed by atoms with Crippen molar-refractivity contribution in [3.05, 3.63) is 36.0 Å². The molecule has 180 valence electrons. The minimum atomic E-state index is -0.711. The molecule has 2 heterocycles. The number of hydrogen-bond acceptors (Lipinski definition) is 5. The maximum atomic E-state index is 11.2. The number of hydrogen-bond donors (Lipinski definition) is 2. The normalized spacial score (nSPS) is 22.7. The Kier molecular flexibility index (Phi) is 8.20. The Morgan fingerprint density at radius 3 is 2.76 bits per heavy atom. The number of aliphatic carboxylic acids is 1. The standard InChI is InChI=1S/C27H38N2O4/c1-33-22-7-8-25-24(17-22)23(11-14-28-25)26(30)9-5-20-13-16-29(15-12-19-3-2-4-19)18-21(20)6-10-27(31)32/h7-8,11,14,17,19-21,26,30H,2-6,9-10,12-13,15-16,18H2,1H3,(H,31,32)/t20?,21?,26-/m0/s1. The van der Waals surface area contributed by atoms with Gasteiger partial charge in [-0.2, -0.15) is 0 Å². The molecule has 0 spiro atoms. The van der Waals surface area contributed by atoms with Gasteiger partial charge in [-0.1, -0.05) is 19.3 Å². The molecule has 2 N–H and O–H groups in total. The predicted molar refractivity (Wildman–Crippen MR) is 129 cm³/mol. The van der Waals surface area contributed by atoms with E-state index in [-0.39, 0.29) is 6.42 Å². The van der Waals surface area contributed by atoms with Crippen molar-refractivity contribution >= 4 is 16.9 Å². The summed E-state index contributed by atoms with van der Waals surface area (Å²) in [7, 11) is 1.64. The molecule has 1 saturated carbocycles. The number of benzene rings is 1. The molecule has 0 amide bonds. The third-order valence-corrected chi connectivity index (χ3v) is 7.94. The summed E-state index contributed by atoms with van der Waals surface area (Å²) in [4.78, 5) is 18.2. The molecule has 0 radical (unpaired) electrons. The van der Waals surface area contributed by atoms with Gasteiger partial charge in [0.25, 0.3) is 0 Å². The van der Waals surface area contributed by atoms with Gasteiger partial charge in [0, 0.05) is 24.5 Å². The van der Waals surface area contributed by atoms with Crippen LogP contribution in [0.3, 0.4) is 0 Å². The zero-order chi connectivity index (χ0) is 23.2. The van der Waals surface area contributed by atoms with Crippen LogP contribution in [0.4, 0.5) is 0 Å². The molecule has 1 aliphatic heterocycles. The zero-order valence-corrected chi connectivity index (χ0v) is 19.8. The largest absolute Gasteiger partial charge is 0.497 e. The van der Waals surface area contributed by atoms with Gasteiger partial charge < -0.3 is 19.8 Å². The number of rotatable bonds is 11. The number of methoxy groups -OCH3 is 1. The van der Waals surface area contributed by atoms with Crippen LogP contribution in [0.15, 0.2) is 30.5 Å². The number of likely N-dealkylation sites (tertiary alicyclic amines) is 1. The second-order valence-corrected chi connectivity index (χ2v) is 10.0. The molecular weight excluding hydrogens is 416 g/mol. The van der Waals surface area contributed by atoms with E-state index in [1.807, 2.05) is 24.3 Å². The van der Waals surface area contributed by atoms with Gasteiger partial charge in [-0.15, -0.1) is 0 Å². The Morgan fingerprint density at radius 1 is 1.18 bits per heavy atom. The Balaban J connectivity index is 1.38. The summed E-state index contributed by atoms with van der Waals surface area (Å²) >= 11 is 0. The van der Waals surface area contributed by atoms with Gasteiger partial charge in [0.1, 0.15) is 5.75 Å². The van der Waals surface area contributed by atoms with Crippen LogP contribution in [-0.2, 0) is 4.79 Å². The fourth-order valence-electron chi connectivity index (χ4n) is 5.61. The molecule has 4 rings (SSSR count). The highest BCUT2D eigenvalue weighted by molar-refractivity contribution is 5.83. The van der Waals surface area contributed by atoms with Crippen LogP contribution in [0.2, 0.25) is 0 Å². The first-order valence-corrected chi connectivity index (χ1v) is 12.6. The van der Waals surface area contributed by atoms with E-state index in [0.29, 0.717) is 18.3 Å². The second kappa shape index (κ2) is 11.3. The number of aromatic nitrogens is 1. The minimum Gasteiger partial charge on any atom is -0.497 e. The van der Waals surface area contributed by atoms with Crippen molar-refractivity contribution in [2.75, 3.05) is 26.7 Å². The van der Waals surface area contributed by atoms with E-state index in [1.54, 1.807) is 13.3 Å². The lowest BCUT2D eigenvalue weighted by atomic mass is 9.78. The summed E-state index contributed by atoms with van der Waals surface area (Å²) in [6.45, 7) is 3.23. The summed E-state index contributed by atoms with van der Waals surface area (Å²) in [5, 5.41) is 21.3. The lowest BCUT2D eigenvalue weighted by Crippen LogP contribution is -2.41. The molecule has 2 fully saturated rings. The van der Waals surface area contributed by atoms with Crippen LogP contribution in [0.1, 0.15) is 69.5 Å². The van der Waals surface area contributed by atoms with Crippen molar-refractivity contribution in [3.8, 4) is 5.75 Å². The number of ether oxygens (including phenoxy) is 1. The summed E-state index contributed by atoms with van der Waals surface area (Å²) in [5.74, 6) is 1.80. The number of nitrogens with zero attached hydrogens (tertiary/aromatic N) is 2. The van der Waals surface area contributed by atoms with Gasteiger partial charge in [-0.05, 0) is 92.8 Å². The van der Waals surface area contributed by atoms with E-state index in [0.717, 1.165) is 67.0 Å². The lowest BCUT2D eigenvalue weighted by molar-refractivity contribution is -0.137. The number of pyridine rings is 1. The van der Waals surface area contributed by atoms with Gasteiger partial charge in [-0.3, -0.25) is 9.78 Å². The molecule has 1 aliphatic carbocycles. The number of carbonyl (C=O) groups is 1. The van der Waals surface area contributed by atoms with Crippen molar-refractivity contribution in [1.29, 1.82) is 0 Å². The summed E-state index contributed by atoms with van der Waals surface area (Å²) in [6, 6.07) is 7.65. The van der Waals surface area contributed by atoms with Gasteiger partial charge in [0.15, 0.2) is 0 Å². The van der Waals surface area contributed by atoms with Gasteiger partial charge in [-0.25, -0.2) is 0 Å². The van der Waals surface area contributed by atoms with E-state index in [4.69, 9.17) is 4.74 Å². The first-order chi connectivity index (χ1) is 16.0. The first kappa shape index (κ1) is 24.0. The van der Waals surface area contributed by atoms with Crippen molar-refractivity contribution in [2.45, 2.75) is 63.9 Å².